The first-order valence-electron chi connectivity index (χ1n) is 5.17. The number of methoxy groups -OCH3 is 2. The van der Waals surface area contributed by atoms with Gasteiger partial charge < -0.3 is 20.3 Å². The minimum Gasteiger partial charge on any atom is -0.393 e. The summed E-state index contributed by atoms with van der Waals surface area (Å²) >= 11 is 0. The van der Waals surface area contributed by atoms with E-state index in [1.165, 1.54) is 0 Å². The van der Waals surface area contributed by atoms with Crippen LogP contribution in [0.15, 0.2) is 0 Å². The third-order valence-electron chi connectivity index (χ3n) is 3.21. The average Bonchev–Trinajstić information content (AvgIpc) is 2.20. The molecule has 1 aliphatic carbocycles. The van der Waals surface area contributed by atoms with Gasteiger partial charge in [-0.05, 0) is 25.8 Å². The fraction of sp³-hybridized carbons (Fsp3) is 1.00. The molecule has 4 nitrogen and oxygen atoms in total. The van der Waals surface area contributed by atoms with Gasteiger partial charge in [-0.15, -0.1) is 0 Å². The van der Waals surface area contributed by atoms with Gasteiger partial charge in [0.25, 0.3) is 0 Å². The molecule has 0 aromatic carbocycles. The van der Waals surface area contributed by atoms with Crippen molar-refractivity contribution in [2.75, 3.05) is 20.8 Å². The zero-order valence-corrected chi connectivity index (χ0v) is 9.03. The highest BCUT2D eigenvalue weighted by Crippen LogP contribution is 2.38. The summed E-state index contributed by atoms with van der Waals surface area (Å²) in [6, 6.07) is 0. The van der Waals surface area contributed by atoms with Gasteiger partial charge in [0, 0.05) is 26.6 Å². The highest BCUT2D eigenvalue weighted by Gasteiger charge is 2.43. The number of hydrogen-bond donors (Lipinski definition) is 2. The Kier molecular flexibility index (Phi) is 4.31. The second-order valence-electron chi connectivity index (χ2n) is 3.92. The first-order chi connectivity index (χ1) is 6.68. The van der Waals surface area contributed by atoms with Crippen LogP contribution in [0.5, 0.6) is 0 Å². The van der Waals surface area contributed by atoms with E-state index in [0.29, 0.717) is 6.54 Å². The number of aliphatic hydroxyl groups excluding tert-OH is 1. The maximum Gasteiger partial charge on any atom is 0.170 e. The van der Waals surface area contributed by atoms with Crippen molar-refractivity contribution in [1.29, 1.82) is 0 Å². The van der Waals surface area contributed by atoms with Crippen molar-refractivity contribution >= 4 is 0 Å². The molecule has 84 valence electrons. The van der Waals surface area contributed by atoms with Crippen LogP contribution in [0.25, 0.3) is 0 Å². The van der Waals surface area contributed by atoms with Crippen LogP contribution in [0.1, 0.15) is 25.7 Å². The summed E-state index contributed by atoms with van der Waals surface area (Å²) in [6.07, 6.45) is 2.80. The standard InChI is InChI=1S/C10H21NO3/c1-13-10(14-2)5-3-9(12)7-8(10)4-6-11/h8-9,12H,3-7,11H2,1-2H3. The van der Waals surface area contributed by atoms with Crippen molar-refractivity contribution in [3.05, 3.63) is 0 Å². The lowest BCUT2D eigenvalue weighted by Gasteiger charge is -2.43. The Morgan fingerprint density at radius 2 is 2.07 bits per heavy atom. The van der Waals surface area contributed by atoms with Gasteiger partial charge in [0.2, 0.25) is 0 Å². The van der Waals surface area contributed by atoms with E-state index in [-0.39, 0.29) is 12.0 Å². The molecule has 0 amide bonds. The van der Waals surface area contributed by atoms with E-state index in [1.54, 1.807) is 14.2 Å². The number of nitrogens with two attached hydrogens (primary N) is 1. The summed E-state index contributed by atoms with van der Waals surface area (Å²) in [5.41, 5.74) is 5.54. The fourth-order valence-corrected chi connectivity index (χ4v) is 2.36. The first-order valence-corrected chi connectivity index (χ1v) is 5.17. The molecular formula is C10H21NO3. The van der Waals surface area contributed by atoms with Crippen LogP contribution < -0.4 is 5.73 Å². The predicted octanol–water partition coefficient (Wildman–Crippen LogP) is 0.485. The van der Waals surface area contributed by atoms with Crippen molar-refractivity contribution in [3.63, 3.8) is 0 Å². The van der Waals surface area contributed by atoms with Crippen LogP contribution >= 0.6 is 0 Å². The summed E-state index contributed by atoms with van der Waals surface area (Å²) in [6.45, 7) is 0.603. The molecular weight excluding hydrogens is 182 g/mol. The Bertz CT molecular complexity index is 171. The van der Waals surface area contributed by atoms with Gasteiger partial charge in [0.05, 0.1) is 6.10 Å². The van der Waals surface area contributed by atoms with Crippen LogP contribution in [0.2, 0.25) is 0 Å². The Morgan fingerprint density at radius 1 is 1.43 bits per heavy atom. The molecule has 0 spiro atoms. The minimum absolute atomic E-state index is 0.200. The SMILES string of the molecule is COC1(OC)CCC(O)CC1CCN. The molecule has 0 aromatic rings. The first kappa shape index (κ1) is 11.9. The largest absolute Gasteiger partial charge is 0.393 e. The molecule has 0 bridgehead atoms. The van der Waals surface area contributed by atoms with Crippen LogP contribution in [-0.4, -0.2) is 37.8 Å². The third kappa shape index (κ3) is 2.25. The Balaban J connectivity index is 2.69. The molecule has 1 rings (SSSR count). The van der Waals surface area contributed by atoms with Crippen LogP contribution in [-0.2, 0) is 9.47 Å². The second kappa shape index (κ2) is 5.07. The van der Waals surface area contributed by atoms with E-state index in [0.717, 1.165) is 25.7 Å². The maximum absolute atomic E-state index is 9.58. The highest BCUT2D eigenvalue weighted by molar-refractivity contribution is 4.87. The van der Waals surface area contributed by atoms with Crippen LogP contribution in [0.3, 0.4) is 0 Å². The van der Waals surface area contributed by atoms with Gasteiger partial charge in [0.15, 0.2) is 5.79 Å². The van der Waals surface area contributed by atoms with Gasteiger partial charge in [0.1, 0.15) is 0 Å². The molecule has 14 heavy (non-hydrogen) atoms. The molecule has 1 aliphatic rings. The average molecular weight is 203 g/mol. The molecule has 2 unspecified atom stereocenters. The zero-order chi connectivity index (χ0) is 10.6. The second-order valence-corrected chi connectivity index (χ2v) is 3.92. The number of aliphatic hydroxyl groups is 1. The lowest BCUT2D eigenvalue weighted by atomic mass is 9.79. The van der Waals surface area contributed by atoms with Crippen molar-refractivity contribution in [3.8, 4) is 0 Å². The smallest absolute Gasteiger partial charge is 0.170 e. The van der Waals surface area contributed by atoms with E-state index >= 15 is 0 Å². The molecule has 2 atom stereocenters. The summed E-state index contributed by atoms with van der Waals surface area (Å²) in [7, 11) is 3.31. The molecule has 0 saturated heterocycles. The Hall–Kier alpha value is -0.160. The van der Waals surface area contributed by atoms with Crippen molar-refractivity contribution in [2.45, 2.75) is 37.6 Å². The van der Waals surface area contributed by atoms with Crippen LogP contribution in [0, 0.1) is 5.92 Å². The van der Waals surface area contributed by atoms with Gasteiger partial charge in [-0.3, -0.25) is 0 Å². The lowest BCUT2D eigenvalue weighted by Crippen LogP contribution is -2.48. The normalized spacial score (nSPS) is 31.7. The lowest BCUT2D eigenvalue weighted by molar-refractivity contribution is -0.263. The van der Waals surface area contributed by atoms with E-state index < -0.39 is 5.79 Å². The van der Waals surface area contributed by atoms with Crippen LogP contribution in [0.4, 0.5) is 0 Å². The summed E-state index contributed by atoms with van der Waals surface area (Å²) in [5.74, 6) is -0.329. The van der Waals surface area contributed by atoms with E-state index in [9.17, 15) is 5.11 Å². The molecule has 0 aromatic heterocycles. The number of ether oxygens (including phenoxy) is 2. The van der Waals surface area contributed by atoms with Crippen molar-refractivity contribution in [1.82, 2.24) is 0 Å². The van der Waals surface area contributed by atoms with Gasteiger partial charge in [-0.2, -0.15) is 0 Å². The summed E-state index contributed by atoms with van der Waals surface area (Å²) in [4.78, 5) is 0. The number of hydrogen-bond acceptors (Lipinski definition) is 4. The summed E-state index contributed by atoms with van der Waals surface area (Å²) in [5, 5.41) is 9.58. The van der Waals surface area contributed by atoms with Crippen molar-refractivity contribution < 1.29 is 14.6 Å². The predicted molar refractivity (Wildman–Crippen MR) is 53.8 cm³/mol. The highest BCUT2D eigenvalue weighted by atomic mass is 16.7. The third-order valence-corrected chi connectivity index (χ3v) is 3.21. The maximum atomic E-state index is 9.58. The minimum atomic E-state index is -0.529. The molecule has 4 heteroatoms. The number of rotatable bonds is 4. The summed E-state index contributed by atoms with van der Waals surface area (Å²) < 4.78 is 10.9. The van der Waals surface area contributed by atoms with Gasteiger partial charge in [-0.1, -0.05) is 0 Å². The van der Waals surface area contributed by atoms with E-state index in [4.69, 9.17) is 15.2 Å². The molecule has 0 aliphatic heterocycles. The van der Waals surface area contributed by atoms with Gasteiger partial charge in [-0.25, -0.2) is 0 Å². The molecule has 0 radical (unpaired) electrons. The Morgan fingerprint density at radius 3 is 2.57 bits per heavy atom. The fourth-order valence-electron chi connectivity index (χ4n) is 2.36. The molecule has 1 fully saturated rings. The van der Waals surface area contributed by atoms with E-state index in [2.05, 4.69) is 0 Å². The molecule has 3 N–H and O–H groups in total. The quantitative estimate of drug-likeness (QED) is 0.652. The van der Waals surface area contributed by atoms with Crippen molar-refractivity contribution in [2.24, 2.45) is 11.7 Å². The molecule has 1 saturated carbocycles. The molecule has 0 heterocycles. The Labute approximate surface area is 85.4 Å². The monoisotopic (exact) mass is 203 g/mol. The van der Waals surface area contributed by atoms with Gasteiger partial charge >= 0.3 is 0 Å². The topological polar surface area (TPSA) is 64.7 Å². The van der Waals surface area contributed by atoms with E-state index in [1.807, 2.05) is 0 Å². The zero-order valence-electron chi connectivity index (χ0n) is 9.03.